The molecule has 1 saturated heterocycles. The van der Waals surface area contributed by atoms with E-state index < -0.39 is 23.5 Å². The van der Waals surface area contributed by atoms with E-state index in [-0.39, 0.29) is 32.7 Å². The molecule has 1 heterocycles. The Kier molecular flexibility index (Phi) is 8.36. The standard InChI is InChI=1S/C24H25Cl3N2O5/c1-28(2)10-5-11-29-19(13-6-8-14(25)9-7-13)17(21(31)24(29)32)20(30)15-12-16(26)23(34-4)18(27)22(15)33-3/h6-9,12,19,30H,5,10-11H2,1-4H3/b20-17+. The molecule has 1 N–H and O–H groups in total. The van der Waals surface area contributed by atoms with E-state index in [9.17, 15) is 14.7 Å². The highest BCUT2D eigenvalue weighted by Crippen LogP contribution is 2.47. The van der Waals surface area contributed by atoms with Crippen molar-refractivity contribution in [3.8, 4) is 11.5 Å². The summed E-state index contributed by atoms with van der Waals surface area (Å²) in [4.78, 5) is 29.7. The third-order valence-electron chi connectivity index (χ3n) is 5.52. The Morgan fingerprint density at radius 1 is 1.06 bits per heavy atom. The van der Waals surface area contributed by atoms with Gasteiger partial charge in [-0.15, -0.1) is 0 Å². The molecule has 1 amide bonds. The van der Waals surface area contributed by atoms with Crippen molar-refractivity contribution in [1.29, 1.82) is 0 Å². The zero-order valence-electron chi connectivity index (χ0n) is 19.2. The zero-order chi connectivity index (χ0) is 25.2. The number of hydrogen-bond donors (Lipinski definition) is 1. The Bertz CT molecular complexity index is 1130. The molecule has 1 unspecified atom stereocenters. The lowest BCUT2D eigenvalue weighted by Crippen LogP contribution is -2.32. The molecule has 7 nitrogen and oxygen atoms in total. The summed E-state index contributed by atoms with van der Waals surface area (Å²) in [5.74, 6) is -1.74. The summed E-state index contributed by atoms with van der Waals surface area (Å²) in [5, 5.41) is 12.0. The van der Waals surface area contributed by atoms with Crippen molar-refractivity contribution < 1.29 is 24.2 Å². The molecule has 34 heavy (non-hydrogen) atoms. The maximum absolute atomic E-state index is 13.2. The normalized spacial score (nSPS) is 17.5. The third kappa shape index (κ3) is 4.98. The Morgan fingerprint density at radius 2 is 1.68 bits per heavy atom. The molecule has 2 aromatic carbocycles. The Morgan fingerprint density at radius 3 is 2.24 bits per heavy atom. The number of Topliss-reactive ketones (excluding diaryl/α,β-unsaturated/α-hetero) is 1. The largest absolute Gasteiger partial charge is 0.507 e. The Hall–Kier alpha value is -2.45. The highest BCUT2D eigenvalue weighted by molar-refractivity contribution is 6.47. The number of aliphatic hydroxyl groups excluding tert-OH is 1. The molecule has 3 rings (SSSR count). The molecule has 0 aliphatic carbocycles. The minimum absolute atomic E-state index is 0.0299. The second kappa shape index (κ2) is 10.9. The van der Waals surface area contributed by atoms with Crippen LogP contribution in [-0.4, -0.2) is 68.0 Å². The van der Waals surface area contributed by atoms with Gasteiger partial charge in [0.05, 0.1) is 36.4 Å². The third-order valence-corrected chi connectivity index (χ3v) is 6.40. The lowest BCUT2D eigenvalue weighted by Gasteiger charge is -2.26. The molecule has 0 radical (unpaired) electrons. The molecule has 0 spiro atoms. The van der Waals surface area contributed by atoms with Gasteiger partial charge in [-0.2, -0.15) is 0 Å². The van der Waals surface area contributed by atoms with Crippen LogP contribution in [0.25, 0.3) is 5.76 Å². The summed E-state index contributed by atoms with van der Waals surface area (Å²) in [6.45, 7) is 1.03. The molecule has 1 atom stereocenters. The predicted octanol–water partition coefficient (Wildman–Crippen LogP) is 5.04. The molecular weight excluding hydrogens is 503 g/mol. The van der Waals surface area contributed by atoms with Crippen LogP contribution < -0.4 is 9.47 Å². The van der Waals surface area contributed by atoms with Gasteiger partial charge in [0.1, 0.15) is 10.8 Å². The molecule has 0 aromatic heterocycles. The van der Waals surface area contributed by atoms with Crippen LogP contribution in [0.1, 0.15) is 23.6 Å². The lowest BCUT2D eigenvalue weighted by atomic mass is 9.95. The number of ether oxygens (including phenoxy) is 2. The topological polar surface area (TPSA) is 79.3 Å². The Balaban J connectivity index is 2.22. The van der Waals surface area contributed by atoms with E-state index in [1.807, 2.05) is 19.0 Å². The molecule has 1 fully saturated rings. The number of aliphatic hydroxyl groups is 1. The van der Waals surface area contributed by atoms with E-state index in [4.69, 9.17) is 44.3 Å². The van der Waals surface area contributed by atoms with E-state index >= 15 is 0 Å². The fraction of sp³-hybridized carbons (Fsp3) is 0.333. The second-order valence-electron chi connectivity index (χ2n) is 7.99. The minimum atomic E-state index is -0.830. The van der Waals surface area contributed by atoms with Crippen molar-refractivity contribution in [2.45, 2.75) is 12.5 Å². The maximum Gasteiger partial charge on any atom is 0.295 e. The van der Waals surface area contributed by atoms with Gasteiger partial charge >= 0.3 is 0 Å². The zero-order valence-corrected chi connectivity index (χ0v) is 21.5. The summed E-state index contributed by atoms with van der Waals surface area (Å²) in [6.07, 6.45) is 0.633. The highest BCUT2D eigenvalue weighted by Gasteiger charge is 2.46. The van der Waals surface area contributed by atoms with E-state index in [0.29, 0.717) is 30.1 Å². The van der Waals surface area contributed by atoms with Crippen LogP contribution in [-0.2, 0) is 9.59 Å². The molecule has 2 aromatic rings. The van der Waals surface area contributed by atoms with Crippen LogP contribution in [0, 0.1) is 0 Å². The number of methoxy groups -OCH3 is 2. The fourth-order valence-corrected chi connectivity index (χ4v) is 4.76. The molecule has 10 heteroatoms. The number of carbonyl (C=O) groups is 2. The average Bonchev–Trinajstić information content (AvgIpc) is 3.04. The molecule has 0 bridgehead atoms. The molecule has 1 aliphatic rings. The van der Waals surface area contributed by atoms with Crippen molar-refractivity contribution in [1.82, 2.24) is 9.80 Å². The van der Waals surface area contributed by atoms with Gasteiger partial charge in [0.25, 0.3) is 11.7 Å². The summed E-state index contributed by atoms with van der Waals surface area (Å²) >= 11 is 18.7. The van der Waals surface area contributed by atoms with Crippen LogP contribution in [0.5, 0.6) is 11.5 Å². The first kappa shape index (κ1) is 26.2. The summed E-state index contributed by atoms with van der Waals surface area (Å²) < 4.78 is 10.6. The maximum atomic E-state index is 13.2. The van der Waals surface area contributed by atoms with Crippen molar-refractivity contribution in [2.24, 2.45) is 0 Å². The number of carbonyl (C=O) groups excluding carboxylic acids is 2. The quantitative estimate of drug-likeness (QED) is 0.294. The number of hydrogen-bond acceptors (Lipinski definition) is 6. The van der Waals surface area contributed by atoms with Gasteiger partial charge in [-0.3, -0.25) is 9.59 Å². The van der Waals surface area contributed by atoms with E-state index in [0.717, 1.165) is 0 Å². The number of halogens is 3. The summed E-state index contributed by atoms with van der Waals surface area (Å²) in [6, 6.07) is 7.33. The number of amides is 1. The first-order valence-corrected chi connectivity index (χ1v) is 11.5. The number of likely N-dealkylation sites (tertiary alicyclic amines) is 1. The Labute approximate surface area is 213 Å². The van der Waals surface area contributed by atoms with Gasteiger partial charge in [-0.25, -0.2) is 0 Å². The van der Waals surface area contributed by atoms with Crippen LogP contribution in [0.4, 0.5) is 0 Å². The number of benzene rings is 2. The predicted molar refractivity (Wildman–Crippen MR) is 133 cm³/mol. The van der Waals surface area contributed by atoms with Crippen LogP contribution in [0.3, 0.4) is 0 Å². The van der Waals surface area contributed by atoms with E-state index in [1.54, 1.807) is 24.3 Å². The lowest BCUT2D eigenvalue weighted by molar-refractivity contribution is -0.139. The number of nitrogens with zero attached hydrogens (tertiary/aromatic N) is 2. The van der Waals surface area contributed by atoms with Crippen molar-refractivity contribution in [3.05, 3.63) is 62.1 Å². The van der Waals surface area contributed by atoms with Gasteiger partial charge < -0.3 is 24.4 Å². The smallest absolute Gasteiger partial charge is 0.295 e. The molecular formula is C24H25Cl3N2O5. The second-order valence-corrected chi connectivity index (χ2v) is 9.21. The molecule has 0 saturated carbocycles. The van der Waals surface area contributed by atoms with Crippen LogP contribution in [0.2, 0.25) is 15.1 Å². The van der Waals surface area contributed by atoms with Gasteiger partial charge in [0, 0.05) is 11.6 Å². The van der Waals surface area contributed by atoms with Crippen LogP contribution in [0.15, 0.2) is 35.9 Å². The van der Waals surface area contributed by atoms with E-state index in [2.05, 4.69) is 0 Å². The number of rotatable bonds is 8. The van der Waals surface area contributed by atoms with Gasteiger partial charge in [-0.1, -0.05) is 46.9 Å². The fourth-order valence-electron chi connectivity index (χ4n) is 3.95. The monoisotopic (exact) mass is 526 g/mol. The highest BCUT2D eigenvalue weighted by atomic mass is 35.5. The first-order chi connectivity index (χ1) is 16.1. The minimum Gasteiger partial charge on any atom is -0.507 e. The first-order valence-electron chi connectivity index (χ1n) is 10.4. The van der Waals surface area contributed by atoms with Crippen molar-refractivity contribution in [2.75, 3.05) is 41.4 Å². The van der Waals surface area contributed by atoms with Crippen LogP contribution >= 0.6 is 34.8 Å². The van der Waals surface area contributed by atoms with Gasteiger partial charge in [-0.05, 0) is 50.8 Å². The average molecular weight is 528 g/mol. The molecule has 1 aliphatic heterocycles. The summed E-state index contributed by atoms with van der Waals surface area (Å²) in [7, 11) is 6.61. The van der Waals surface area contributed by atoms with Crippen molar-refractivity contribution in [3.63, 3.8) is 0 Å². The van der Waals surface area contributed by atoms with Crippen molar-refractivity contribution >= 4 is 52.3 Å². The van der Waals surface area contributed by atoms with Gasteiger partial charge in [0.15, 0.2) is 11.5 Å². The summed E-state index contributed by atoms with van der Waals surface area (Å²) in [5.41, 5.74) is 0.607. The molecule has 182 valence electrons. The van der Waals surface area contributed by atoms with Gasteiger partial charge in [0.2, 0.25) is 0 Å². The number of ketones is 1. The van der Waals surface area contributed by atoms with E-state index in [1.165, 1.54) is 25.2 Å². The SMILES string of the molecule is COc1c(Cl)cc(/C(O)=C2\C(=O)C(=O)N(CCCN(C)C)C2c2ccc(Cl)cc2)c(OC)c1Cl.